The lowest BCUT2D eigenvalue weighted by molar-refractivity contribution is 0.628. The zero-order chi connectivity index (χ0) is 15.4. The first kappa shape index (κ1) is 14.2. The largest absolute Gasteiger partial charge is 0.383 e. The van der Waals surface area contributed by atoms with Crippen molar-refractivity contribution in [2.45, 2.75) is 0 Å². The molecular weight excluding hydrogens is 299 g/mol. The van der Waals surface area contributed by atoms with Crippen LogP contribution in [0, 0.1) is 5.82 Å². The minimum absolute atomic E-state index is 0.235. The van der Waals surface area contributed by atoms with E-state index in [0.29, 0.717) is 10.9 Å². The highest BCUT2D eigenvalue weighted by Crippen LogP contribution is 2.20. The highest BCUT2D eigenvalue weighted by Gasteiger charge is 1.98. The van der Waals surface area contributed by atoms with Gasteiger partial charge >= 0.3 is 0 Å². The molecule has 3 aromatic rings. The minimum atomic E-state index is -0.235. The molecule has 1 heterocycles. The topological polar surface area (TPSA) is 63.3 Å². The fraction of sp³-hybridized carbons (Fsp3) is 0. The van der Waals surface area contributed by atoms with Crippen LogP contribution in [0.1, 0.15) is 5.56 Å². The highest BCUT2D eigenvalue weighted by atomic mass is 32.1. The summed E-state index contributed by atoms with van der Waals surface area (Å²) in [6.07, 6.45) is 1.70. The van der Waals surface area contributed by atoms with E-state index in [2.05, 4.69) is 15.5 Å². The first-order valence-electron chi connectivity index (χ1n) is 6.57. The summed E-state index contributed by atoms with van der Waals surface area (Å²) in [5.74, 6) is 0.243. The lowest BCUT2D eigenvalue weighted by atomic mass is 10.0. The van der Waals surface area contributed by atoms with Gasteiger partial charge in [-0.05, 0) is 28.8 Å². The van der Waals surface area contributed by atoms with E-state index in [4.69, 9.17) is 5.73 Å². The molecule has 0 atom stereocenters. The predicted octanol–water partition coefficient (Wildman–Crippen LogP) is 3.98. The first-order valence-corrected chi connectivity index (χ1v) is 7.45. The molecule has 0 saturated heterocycles. The van der Waals surface area contributed by atoms with Gasteiger partial charge in [-0.1, -0.05) is 36.4 Å². The van der Waals surface area contributed by atoms with Crippen molar-refractivity contribution in [2.24, 2.45) is 5.10 Å². The van der Waals surface area contributed by atoms with Gasteiger partial charge in [-0.25, -0.2) is 9.37 Å². The van der Waals surface area contributed by atoms with Crippen LogP contribution < -0.4 is 11.2 Å². The standard InChI is InChI=1S/C16H13FN4S/c17-14-7-5-13(6-8-14)12-3-1-11(2-4-12)9-19-21-16-20-15(18)10-22-16/h1-10H,18H2,(H,20,21). The van der Waals surface area contributed by atoms with Gasteiger partial charge in [-0.15, -0.1) is 11.3 Å². The number of rotatable bonds is 4. The summed E-state index contributed by atoms with van der Waals surface area (Å²) in [7, 11) is 0. The number of hydrogen-bond donors (Lipinski definition) is 2. The normalized spacial score (nSPS) is 11.0. The molecule has 0 spiro atoms. The molecule has 2 aromatic carbocycles. The quantitative estimate of drug-likeness (QED) is 0.566. The molecule has 110 valence electrons. The number of halogens is 1. The second-order valence-electron chi connectivity index (χ2n) is 4.58. The van der Waals surface area contributed by atoms with Gasteiger partial charge in [-0.2, -0.15) is 5.10 Å². The number of nitrogens with two attached hydrogens (primary N) is 1. The summed E-state index contributed by atoms with van der Waals surface area (Å²) < 4.78 is 12.9. The summed E-state index contributed by atoms with van der Waals surface area (Å²) in [6, 6.07) is 14.2. The van der Waals surface area contributed by atoms with Crippen LogP contribution >= 0.6 is 11.3 Å². The lowest BCUT2D eigenvalue weighted by Gasteiger charge is -2.02. The molecule has 4 nitrogen and oxygen atoms in total. The summed E-state index contributed by atoms with van der Waals surface area (Å²) in [5.41, 5.74) is 11.3. The monoisotopic (exact) mass is 312 g/mol. The molecule has 0 saturated carbocycles. The summed E-state index contributed by atoms with van der Waals surface area (Å²) in [6.45, 7) is 0. The van der Waals surface area contributed by atoms with Gasteiger partial charge in [0.2, 0.25) is 5.13 Å². The fourth-order valence-corrected chi connectivity index (χ4v) is 2.45. The number of nitrogens with one attached hydrogen (secondary N) is 1. The molecule has 0 radical (unpaired) electrons. The number of benzene rings is 2. The average Bonchev–Trinajstić information content (AvgIpc) is 2.94. The van der Waals surface area contributed by atoms with Crippen molar-refractivity contribution in [1.82, 2.24) is 4.98 Å². The van der Waals surface area contributed by atoms with Crippen molar-refractivity contribution < 1.29 is 4.39 Å². The number of aromatic nitrogens is 1. The molecule has 1 aromatic heterocycles. The van der Waals surface area contributed by atoms with Crippen LogP contribution in [0.15, 0.2) is 59.0 Å². The van der Waals surface area contributed by atoms with Crippen molar-refractivity contribution >= 4 is 28.5 Å². The maximum Gasteiger partial charge on any atom is 0.205 e. The molecule has 0 aliphatic carbocycles. The number of hydrogen-bond acceptors (Lipinski definition) is 5. The maximum absolute atomic E-state index is 12.9. The van der Waals surface area contributed by atoms with Gasteiger partial charge in [0.15, 0.2) is 0 Å². The van der Waals surface area contributed by atoms with E-state index in [0.717, 1.165) is 16.7 Å². The first-order chi connectivity index (χ1) is 10.7. The minimum Gasteiger partial charge on any atom is -0.383 e. The summed E-state index contributed by atoms with van der Waals surface area (Å²) in [5, 5.41) is 6.50. The van der Waals surface area contributed by atoms with Crippen molar-refractivity contribution in [2.75, 3.05) is 11.2 Å². The Kier molecular flexibility index (Phi) is 4.11. The molecule has 0 amide bonds. The van der Waals surface area contributed by atoms with E-state index in [1.807, 2.05) is 24.3 Å². The Hall–Kier alpha value is -2.73. The van der Waals surface area contributed by atoms with Crippen LogP contribution in [-0.2, 0) is 0 Å². The van der Waals surface area contributed by atoms with E-state index in [-0.39, 0.29) is 5.82 Å². The third kappa shape index (κ3) is 3.48. The van der Waals surface area contributed by atoms with Crippen LogP contribution in [0.3, 0.4) is 0 Å². The van der Waals surface area contributed by atoms with Crippen LogP contribution in [0.5, 0.6) is 0 Å². The van der Waals surface area contributed by atoms with Gasteiger partial charge in [0.25, 0.3) is 0 Å². The van der Waals surface area contributed by atoms with Gasteiger partial charge in [0, 0.05) is 5.38 Å². The molecule has 0 fully saturated rings. The van der Waals surface area contributed by atoms with Gasteiger partial charge in [-0.3, -0.25) is 5.43 Å². The molecule has 0 aliphatic heterocycles. The Labute approximate surface area is 131 Å². The Morgan fingerprint density at radius 2 is 1.68 bits per heavy atom. The van der Waals surface area contributed by atoms with Crippen LogP contribution in [0.4, 0.5) is 15.3 Å². The third-order valence-electron chi connectivity index (χ3n) is 2.98. The summed E-state index contributed by atoms with van der Waals surface area (Å²) >= 11 is 1.39. The van der Waals surface area contributed by atoms with E-state index in [1.165, 1.54) is 23.5 Å². The SMILES string of the molecule is Nc1csc(NN=Cc2ccc(-c3ccc(F)cc3)cc2)n1. The van der Waals surface area contributed by atoms with Crippen molar-refractivity contribution in [3.8, 4) is 11.1 Å². The molecule has 6 heteroatoms. The Morgan fingerprint density at radius 3 is 2.27 bits per heavy atom. The maximum atomic E-state index is 12.9. The molecule has 22 heavy (non-hydrogen) atoms. The highest BCUT2D eigenvalue weighted by molar-refractivity contribution is 7.14. The smallest absolute Gasteiger partial charge is 0.205 e. The van der Waals surface area contributed by atoms with Crippen molar-refractivity contribution in [3.05, 3.63) is 65.3 Å². The van der Waals surface area contributed by atoms with Crippen molar-refractivity contribution in [3.63, 3.8) is 0 Å². The van der Waals surface area contributed by atoms with Gasteiger partial charge in [0.05, 0.1) is 6.21 Å². The molecule has 0 bridgehead atoms. The molecule has 3 N–H and O–H groups in total. The average molecular weight is 312 g/mol. The number of nitrogen functional groups attached to an aromatic ring is 1. The van der Waals surface area contributed by atoms with Gasteiger partial charge in [0.1, 0.15) is 11.6 Å². The zero-order valence-electron chi connectivity index (χ0n) is 11.5. The second-order valence-corrected chi connectivity index (χ2v) is 5.43. The molecule has 0 unspecified atom stereocenters. The zero-order valence-corrected chi connectivity index (χ0v) is 12.3. The Morgan fingerprint density at radius 1 is 1.05 bits per heavy atom. The fourth-order valence-electron chi connectivity index (χ4n) is 1.90. The number of thiazole rings is 1. The summed E-state index contributed by atoms with van der Waals surface area (Å²) in [4.78, 5) is 4.04. The van der Waals surface area contributed by atoms with Crippen LogP contribution in [-0.4, -0.2) is 11.2 Å². The van der Waals surface area contributed by atoms with Gasteiger partial charge < -0.3 is 5.73 Å². The van der Waals surface area contributed by atoms with E-state index < -0.39 is 0 Å². The van der Waals surface area contributed by atoms with E-state index >= 15 is 0 Å². The molecule has 0 aliphatic rings. The molecule has 3 rings (SSSR count). The van der Waals surface area contributed by atoms with E-state index in [9.17, 15) is 4.39 Å². The Balaban J connectivity index is 1.67. The molecular formula is C16H13FN4S. The lowest BCUT2D eigenvalue weighted by Crippen LogP contribution is -1.91. The van der Waals surface area contributed by atoms with E-state index in [1.54, 1.807) is 23.7 Å². The van der Waals surface area contributed by atoms with Crippen LogP contribution in [0.2, 0.25) is 0 Å². The number of hydrazone groups is 1. The van der Waals surface area contributed by atoms with Crippen molar-refractivity contribution in [1.29, 1.82) is 0 Å². The predicted molar refractivity (Wildman–Crippen MR) is 89.6 cm³/mol. The number of anilines is 2. The number of nitrogens with zero attached hydrogens (tertiary/aromatic N) is 2. The van der Waals surface area contributed by atoms with Crippen LogP contribution in [0.25, 0.3) is 11.1 Å². The Bertz CT molecular complexity index is 779. The third-order valence-corrected chi connectivity index (χ3v) is 3.75. The second kappa shape index (κ2) is 6.36.